The zero-order valence-electron chi connectivity index (χ0n) is 10.7. The molecule has 0 bridgehead atoms. The van der Waals surface area contributed by atoms with Crippen LogP contribution in [-0.2, 0) is 4.79 Å². The molecule has 17 heavy (non-hydrogen) atoms. The summed E-state index contributed by atoms with van der Waals surface area (Å²) in [6.07, 6.45) is 6.15. The van der Waals surface area contributed by atoms with Crippen LogP contribution in [0, 0.1) is 5.41 Å². The predicted molar refractivity (Wildman–Crippen MR) is 66.8 cm³/mol. The van der Waals surface area contributed by atoms with Crippen LogP contribution in [0.2, 0.25) is 0 Å². The predicted octanol–water partition coefficient (Wildman–Crippen LogP) is 1.60. The maximum atomic E-state index is 12.2. The van der Waals surface area contributed by atoms with Crippen molar-refractivity contribution in [2.45, 2.75) is 58.4 Å². The van der Waals surface area contributed by atoms with E-state index in [2.05, 4.69) is 10.5 Å². The molecule has 0 aromatic rings. The molecule has 1 unspecified atom stereocenters. The molecule has 0 radical (unpaired) electrons. The fourth-order valence-electron chi connectivity index (χ4n) is 2.16. The van der Waals surface area contributed by atoms with E-state index >= 15 is 0 Å². The summed E-state index contributed by atoms with van der Waals surface area (Å²) in [5, 5.41) is 14.7. The molecule has 0 heterocycles. The number of nitrogens with zero attached hydrogens (tertiary/aromatic N) is 1. The summed E-state index contributed by atoms with van der Waals surface area (Å²) in [4.78, 5) is 12.2. The van der Waals surface area contributed by atoms with Gasteiger partial charge >= 0.3 is 0 Å². The maximum Gasteiger partial charge on any atom is 0.233 e. The van der Waals surface area contributed by atoms with Crippen molar-refractivity contribution in [2.75, 3.05) is 0 Å². The smallest absolute Gasteiger partial charge is 0.233 e. The van der Waals surface area contributed by atoms with Gasteiger partial charge in [0.2, 0.25) is 5.91 Å². The molecule has 1 atom stereocenters. The Balaban J connectivity index is 2.66. The van der Waals surface area contributed by atoms with Crippen molar-refractivity contribution in [3.05, 3.63) is 0 Å². The van der Waals surface area contributed by atoms with Crippen LogP contribution in [0.25, 0.3) is 0 Å². The molecule has 0 aromatic heterocycles. The topological polar surface area (TPSA) is 87.7 Å². The van der Waals surface area contributed by atoms with Crippen molar-refractivity contribution in [2.24, 2.45) is 16.3 Å². The molecule has 4 N–H and O–H groups in total. The SMILES string of the molecule is CCC(C)(C(=O)NC1CCCCC1)C(N)=NO. The number of carbonyl (C=O) groups excluding carboxylic acids is 1. The average molecular weight is 241 g/mol. The van der Waals surface area contributed by atoms with E-state index in [-0.39, 0.29) is 17.8 Å². The van der Waals surface area contributed by atoms with Crippen LogP contribution < -0.4 is 11.1 Å². The normalized spacial score (nSPS) is 21.9. The maximum absolute atomic E-state index is 12.2. The van der Waals surface area contributed by atoms with Gasteiger partial charge in [0.25, 0.3) is 0 Å². The average Bonchev–Trinajstić information content (AvgIpc) is 2.37. The van der Waals surface area contributed by atoms with E-state index in [0.29, 0.717) is 6.42 Å². The Hall–Kier alpha value is -1.26. The van der Waals surface area contributed by atoms with E-state index in [1.54, 1.807) is 6.92 Å². The second-order valence-corrected chi connectivity index (χ2v) is 4.98. The number of nitrogens with two attached hydrogens (primary N) is 1. The summed E-state index contributed by atoms with van der Waals surface area (Å²) >= 11 is 0. The van der Waals surface area contributed by atoms with Gasteiger partial charge < -0.3 is 16.3 Å². The number of hydrogen-bond donors (Lipinski definition) is 3. The number of amidine groups is 1. The number of carbonyl (C=O) groups is 1. The summed E-state index contributed by atoms with van der Waals surface area (Å²) in [5.74, 6) is -0.157. The second kappa shape index (κ2) is 5.89. The third-order valence-electron chi connectivity index (χ3n) is 3.82. The minimum absolute atomic E-state index is 0.0201. The van der Waals surface area contributed by atoms with Crippen molar-refractivity contribution in [1.29, 1.82) is 0 Å². The van der Waals surface area contributed by atoms with Crippen LogP contribution in [0.1, 0.15) is 52.4 Å². The van der Waals surface area contributed by atoms with Crippen molar-refractivity contribution >= 4 is 11.7 Å². The molecule has 1 aliphatic carbocycles. The minimum atomic E-state index is -0.911. The summed E-state index contributed by atoms with van der Waals surface area (Å²) < 4.78 is 0. The fourth-order valence-corrected chi connectivity index (χ4v) is 2.16. The van der Waals surface area contributed by atoms with Crippen molar-refractivity contribution in [3.63, 3.8) is 0 Å². The molecule has 0 saturated heterocycles. The molecule has 5 heteroatoms. The highest BCUT2D eigenvalue weighted by Gasteiger charge is 2.37. The van der Waals surface area contributed by atoms with Gasteiger partial charge in [0.05, 0.1) is 0 Å². The summed E-state index contributed by atoms with van der Waals surface area (Å²) in [6, 6.07) is 0.244. The summed E-state index contributed by atoms with van der Waals surface area (Å²) in [6.45, 7) is 3.57. The number of oxime groups is 1. The number of rotatable bonds is 4. The molecule has 1 fully saturated rings. The Kier molecular flexibility index (Phi) is 4.78. The highest BCUT2D eigenvalue weighted by Crippen LogP contribution is 2.24. The highest BCUT2D eigenvalue weighted by molar-refractivity contribution is 6.06. The van der Waals surface area contributed by atoms with Gasteiger partial charge in [-0.25, -0.2) is 0 Å². The third kappa shape index (κ3) is 3.11. The van der Waals surface area contributed by atoms with E-state index in [4.69, 9.17) is 10.9 Å². The first-order valence-corrected chi connectivity index (χ1v) is 6.33. The Morgan fingerprint density at radius 3 is 2.53 bits per heavy atom. The van der Waals surface area contributed by atoms with E-state index in [1.165, 1.54) is 6.42 Å². The van der Waals surface area contributed by atoms with Crippen molar-refractivity contribution in [3.8, 4) is 0 Å². The molecule has 5 nitrogen and oxygen atoms in total. The fraction of sp³-hybridized carbons (Fsp3) is 0.833. The molecule has 0 aromatic carbocycles. The van der Waals surface area contributed by atoms with Crippen LogP contribution >= 0.6 is 0 Å². The Bertz CT molecular complexity index is 298. The Morgan fingerprint density at radius 1 is 1.47 bits per heavy atom. The standard InChI is InChI=1S/C12H23N3O2/c1-3-12(2,10(13)15-17)11(16)14-9-7-5-4-6-8-9/h9,17H,3-8H2,1-2H3,(H2,13,15)(H,14,16). The number of nitrogens with one attached hydrogen (secondary N) is 1. The third-order valence-corrected chi connectivity index (χ3v) is 3.82. The van der Waals surface area contributed by atoms with Gasteiger partial charge in [-0.2, -0.15) is 0 Å². The lowest BCUT2D eigenvalue weighted by molar-refractivity contribution is -0.128. The summed E-state index contributed by atoms with van der Waals surface area (Å²) in [5.41, 5.74) is 4.70. The van der Waals surface area contributed by atoms with E-state index in [1.807, 2.05) is 6.92 Å². The lowest BCUT2D eigenvalue weighted by Gasteiger charge is -2.30. The monoisotopic (exact) mass is 241 g/mol. The van der Waals surface area contributed by atoms with Crippen LogP contribution in [0.3, 0.4) is 0 Å². The van der Waals surface area contributed by atoms with E-state index in [9.17, 15) is 4.79 Å². The van der Waals surface area contributed by atoms with Gasteiger partial charge in [-0.1, -0.05) is 31.3 Å². The first-order valence-electron chi connectivity index (χ1n) is 6.33. The molecule has 1 aliphatic rings. The van der Waals surface area contributed by atoms with E-state index < -0.39 is 5.41 Å². The molecule has 1 rings (SSSR count). The molecule has 1 amide bonds. The first kappa shape index (κ1) is 13.8. The van der Waals surface area contributed by atoms with Crippen LogP contribution in [0.15, 0.2) is 5.16 Å². The van der Waals surface area contributed by atoms with Gasteiger partial charge in [-0.3, -0.25) is 4.79 Å². The van der Waals surface area contributed by atoms with Crippen molar-refractivity contribution < 1.29 is 10.0 Å². The van der Waals surface area contributed by atoms with E-state index in [0.717, 1.165) is 25.7 Å². The van der Waals surface area contributed by atoms with Crippen LogP contribution in [-0.4, -0.2) is 23.0 Å². The van der Waals surface area contributed by atoms with Crippen LogP contribution in [0.4, 0.5) is 0 Å². The number of amides is 1. The quantitative estimate of drug-likeness (QED) is 0.302. The molecular weight excluding hydrogens is 218 g/mol. The van der Waals surface area contributed by atoms with Crippen molar-refractivity contribution in [1.82, 2.24) is 5.32 Å². The largest absolute Gasteiger partial charge is 0.409 e. The lowest BCUT2D eigenvalue weighted by Crippen LogP contribution is -2.50. The zero-order chi connectivity index (χ0) is 12.9. The Labute approximate surface area is 102 Å². The van der Waals surface area contributed by atoms with Gasteiger partial charge in [0, 0.05) is 6.04 Å². The molecule has 1 saturated carbocycles. The minimum Gasteiger partial charge on any atom is -0.409 e. The van der Waals surface area contributed by atoms with Gasteiger partial charge in [0.15, 0.2) is 5.84 Å². The van der Waals surface area contributed by atoms with Gasteiger partial charge in [-0.15, -0.1) is 0 Å². The Morgan fingerprint density at radius 2 is 2.06 bits per heavy atom. The van der Waals surface area contributed by atoms with Gasteiger partial charge in [0.1, 0.15) is 5.41 Å². The summed E-state index contributed by atoms with van der Waals surface area (Å²) in [7, 11) is 0. The van der Waals surface area contributed by atoms with Crippen LogP contribution in [0.5, 0.6) is 0 Å². The molecule has 98 valence electrons. The zero-order valence-corrected chi connectivity index (χ0v) is 10.7. The highest BCUT2D eigenvalue weighted by atomic mass is 16.4. The second-order valence-electron chi connectivity index (χ2n) is 4.98. The molecular formula is C12H23N3O2. The molecule has 0 aliphatic heterocycles. The lowest BCUT2D eigenvalue weighted by atomic mass is 9.84. The molecule has 0 spiro atoms. The first-order chi connectivity index (χ1) is 8.04. The number of hydrogen-bond acceptors (Lipinski definition) is 3. The van der Waals surface area contributed by atoms with Gasteiger partial charge in [-0.05, 0) is 26.2 Å².